The summed E-state index contributed by atoms with van der Waals surface area (Å²) in [5.74, 6) is -0.544. The molecule has 0 radical (unpaired) electrons. The molecule has 0 bridgehead atoms. The number of methoxy groups -OCH3 is 1. The lowest BCUT2D eigenvalue weighted by atomic mass is 10.1. The summed E-state index contributed by atoms with van der Waals surface area (Å²) in [6.45, 7) is 2.51. The summed E-state index contributed by atoms with van der Waals surface area (Å²) in [6, 6.07) is 5.90. The van der Waals surface area contributed by atoms with Crippen molar-refractivity contribution in [1.82, 2.24) is 20.8 Å². The number of benzene rings is 1. The molecule has 1 heterocycles. The van der Waals surface area contributed by atoms with Crippen molar-refractivity contribution < 1.29 is 13.9 Å². The van der Waals surface area contributed by atoms with Gasteiger partial charge in [0.25, 0.3) is 5.91 Å². The number of H-pyrrole nitrogens is 1. The Balaban J connectivity index is 1.91. The molecule has 0 unspecified atom stereocenters. The molecular formula is C15H19FN4O2. The number of nitrogens with one attached hydrogen (secondary N) is 3. The van der Waals surface area contributed by atoms with Gasteiger partial charge in [-0.15, -0.1) is 0 Å². The number of halogens is 1. The van der Waals surface area contributed by atoms with E-state index >= 15 is 0 Å². The van der Waals surface area contributed by atoms with Crippen LogP contribution in [0.2, 0.25) is 0 Å². The van der Waals surface area contributed by atoms with Crippen LogP contribution < -0.4 is 10.6 Å². The predicted octanol–water partition coefficient (Wildman–Crippen LogP) is 1.18. The van der Waals surface area contributed by atoms with Crippen LogP contribution in [0.4, 0.5) is 4.39 Å². The Morgan fingerprint density at radius 1 is 1.27 bits per heavy atom. The van der Waals surface area contributed by atoms with E-state index < -0.39 is 0 Å². The average Bonchev–Trinajstić information content (AvgIpc) is 3.01. The molecule has 2 aromatic rings. The number of hydrogen-bond donors (Lipinski definition) is 3. The lowest BCUT2D eigenvalue weighted by molar-refractivity contribution is 0.0954. The first-order valence-corrected chi connectivity index (χ1v) is 6.99. The van der Waals surface area contributed by atoms with Crippen LogP contribution in [0.1, 0.15) is 10.4 Å². The average molecular weight is 306 g/mol. The van der Waals surface area contributed by atoms with E-state index in [9.17, 15) is 9.18 Å². The highest BCUT2D eigenvalue weighted by atomic mass is 19.1. The Hall–Kier alpha value is -2.25. The topological polar surface area (TPSA) is 79.0 Å². The van der Waals surface area contributed by atoms with Crippen molar-refractivity contribution in [3.63, 3.8) is 0 Å². The molecule has 1 aromatic carbocycles. The molecule has 0 atom stereocenters. The molecule has 0 aliphatic rings. The summed E-state index contributed by atoms with van der Waals surface area (Å²) >= 11 is 0. The van der Waals surface area contributed by atoms with Gasteiger partial charge in [0.05, 0.1) is 24.1 Å². The van der Waals surface area contributed by atoms with E-state index in [1.165, 1.54) is 18.3 Å². The van der Waals surface area contributed by atoms with Gasteiger partial charge in [-0.25, -0.2) is 4.39 Å². The molecule has 1 amide bonds. The number of carbonyl (C=O) groups is 1. The Labute approximate surface area is 128 Å². The Morgan fingerprint density at radius 3 is 2.77 bits per heavy atom. The monoisotopic (exact) mass is 306 g/mol. The van der Waals surface area contributed by atoms with Crippen LogP contribution in [0, 0.1) is 5.82 Å². The minimum atomic E-state index is -0.323. The van der Waals surface area contributed by atoms with E-state index in [2.05, 4.69) is 20.8 Å². The van der Waals surface area contributed by atoms with Gasteiger partial charge in [0.15, 0.2) is 0 Å². The fraction of sp³-hybridized carbons (Fsp3) is 0.333. The summed E-state index contributed by atoms with van der Waals surface area (Å²) in [5, 5.41) is 12.6. The van der Waals surface area contributed by atoms with Crippen LogP contribution >= 0.6 is 0 Å². The highest BCUT2D eigenvalue weighted by Gasteiger charge is 2.14. The third-order valence-corrected chi connectivity index (χ3v) is 3.09. The zero-order valence-electron chi connectivity index (χ0n) is 12.4. The van der Waals surface area contributed by atoms with Crippen molar-refractivity contribution in [3.05, 3.63) is 41.8 Å². The first kappa shape index (κ1) is 16.1. The zero-order chi connectivity index (χ0) is 15.8. The standard InChI is InChI=1S/C15H19FN4O2/c1-22-9-8-17-6-7-18-15(21)13-10-19-20-14(13)11-2-4-12(16)5-3-11/h2-5,10,17H,6-9H2,1H3,(H,18,21)(H,19,20). The van der Waals surface area contributed by atoms with Gasteiger partial charge < -0.3 is 15.4 Å². The quantitative estimate of drug-likeness (QED) is 0.640. The van der Waals surface area contributed by atoms with E-state index in [1.54, 1.807) is 19.2 Å². The van der Waals surface area contributed by atoms with E-state index in [-0.39, 0.29) is 11.7 Å². The van der Waals surface area contributed by atoms with E-state index in [0.717, 1.165) is 6.54 Å². The number of rotatable bonds is 8. The second-order valence-electron chi connectivity index (χ2n) is 4.66. The fourth-order valence-electron chi connectivity index (χ4n) is 1.95. The van der Waals surface area contributed by atoms with Crippen molar-refractivity contribution in [2.75, 3.05) is 33.4 Å². The Bertz CT molecular complexity index is 598. The summed E-state index contributed by atoms with van der Waals surface area (Å²) in [7, 11) is 1.64. The summed E-state index contributed by atoms with van der Waals surface area (Å²) in [5.41, 5.74) is 1.72. The van der Waals surface area contributed by atoms with Crippen molar-refractivity contribution in [1.29, 1.82) is 0 Å². The first-order chi connectivity index (χ1) is 10.7. The Morgan fingerprint density at radius 2 is 2.05 bits per heavy atom. The van der Waals surface area contributed by atoms with Crippen LogP contribution in [0.25, 0.3) is 11.3 Å². The van der Waals surface area contributed by atoms with Crippen molar-refractivity contribution in [2.24, 2.45) is 0 Å². The summed E-state index contributed by atoms with van der Waals surface area (Å²) < 4.78 is 17.9. The molecule has 0 saturated carbocycles. The predicted molar refractivity (Wildman–Crippen MR) is 81.1 cm³/mol. The van der Waals surface area contributed by atoms with Crippen LogP contribution in [-0.2, 0) is 4.74 Å². The third kappa shape index (κ3) is 4.37. The maximum absolute atomic E-state index is 13.0. The number of carbonyl (C=O) groups excluding carboxylic acids is 1. The van der Waals surface area contributed by atoms with Gasteiger partial charge in [0, 0.05) is 32.3 Å². The smallest absolute Gasteiger partial charge is 0.255 e. The fourth-order valence-corrected chi connectivity index (χ4v) is 1.95. The SMILES string of the molecule is COCCNCCNC(=O)c1cn[nH]c1-c1ccc(F)cc1. The molecule has 2 rings (SSSR count). The number of nitrogens with zero attached hydrogens (tertiary/aromatic N) is 1. The minimum Gasteiger partial charge on any atom is -0.383 e. The second kappa shape index (κ2) is 8.26. The molecule has 118 valence electrons. The molecule has 0 saturated heterocycles. The lowest BCUT2D eigenvalue weighted by Gasteiger charge is -2.07. The highest BCUT2D eigenvalue weighted by Crippen LogP contribution is 2.21. The second-order valence-corrected chi connectivity index (χ2v) is 4.66. The third-order valence-electron chi connectivity index (χ3n) is 3.09. The van der Waals surface area contributed by atoms with Gasteiger partial charge in [0.1, 0.15) is 5.82 Å². The van der Waals surface area contributed by atoms with E-state index in [4.69, 9.17) is 4.74 Å². The van der Waals surface area contributed by atoms with Crippen LogP contribution in [0.5, 0.6) is 0 Å². The zero-order valence-corrected chi connectivity index (χ0v) is 12.4. The summed E-state index contributed by atoms with van der Waals surface area (Å²) in [6.07, 6.45) is 1.46. The van der Waals surface area contributed by atoms with Crippen molar-refractivity contribution in [2.45, 2.75) is 0 Å². The summed E-state index contributed by atoms with van der Waals surface area (Å²) in [4.78, 5) is 12.2. The van der Waals surface area contributed by atoms with Crippen LogP contribution in [0.3, 0.4) is 0 Å². The molecule has 22 heavy (non-hydrogen) atoms. The number of aromatic amines is 1. The van der Waals surface area contributed by atoms with Gasteiger partial charge in [0.2, 0.25) is 0 Å². The molecule has 0 fully saturated rings. The number of aromatic nitrogens is 2. The molecule has 3 N–H and O–H groups in total. The first-order valence-electron chi connectivity index (χ1n) is 6.99. The number of amides is 1. The number of hydrogen-bond acceptors (Lipinski definition) is 4. The van der Waals surface area contributed by atoms with Crippen LogP contribution in [-0.4, -0.2) is 49.5 Å². The van der Waals surface area contributed by atoms with Crippen molar-refractivity contribution >= 4 is 5.91 Å². The molecule has 1 aromatic heterocycles. The van der Waals surface area contributed by atoms with Gasteiger partial charge in [-0.05, 0) is 24.3 Å². The normalized spacial score (nSPS) is 10.6. The highest BCUT2D eigenvalue weighted by molar-refractivity contribution is 5.99. The molecule has 0 spiro atoms. The molecule has 0 aliphatic heterocycles. The number of ether oxygens (including phenoxy) is 1. The van der Waals surface area contributed by atoms with Gasteiger partial charge >= 0.3 is 0 Å². The van der Waals surface area contributed by atoms with E-state index in [1.807, 2.05) is 0 Å². The van der Waals surface area contributed by atoms with Gasteiger partial charge in [-0.2, -0.15) is 5.10 Å². The molecule has 7 heteroatoms. The lowest BCUT2D eigenvalue weighted by Crippen LogP contribution is -2.33. The maximum Gasteiger partial charge on any atom is 0.255 e. The van der Waals surface area contributed by atoms with Crippen LogP contribution in [0.15, 0.2) is 30.5 Å². The molecule has 6 nitrogen and oxygen atoms in total. The minimum absolute atomic E-state index is 0.221. The maximum atomic E-state index is 13.0. The molecular weight excluding hydrogens is 287 g/mol. The van der Waals surface area contributed by atoms with Gasteiger partial charge in [-0.1, -0.05) is 0 Å². The van der Waals surface area contributed by atoms with E-state index in [0.29, 0.717) is 36.5 Å². The van der Waals surface area contributed by atoms with Gasteiger partial charge in [-0.3, -0.25) is 9.89 Å². The Kier molecular flexibility index (Phi) is 6.05. The van der Waals surface area contributed by atoms with Crippen molar-refractivity contribution in [3.8, 4) is 11.3 Å². The molecule has 0 aliphatic carbocycles. The largest absolute Gasteiger partial charge is 0.383 e.